The number of nitrogens with one attached hydrogen (secondary N) is 1. The lowest BCUT2D eigenvalue weighted by Crippen LogP contribution is -2.22. The molecule has 1 amide bonds. The van der Waals surface area contributed by atoms with E-state index >= 15 is 0 Å². The number of aryl methyl sites for hydroxylation is 1. The Balaban J connectivity index is 2.02. The van der Waals surface area contributed by atoms with Crippen molar-refractivity contribution in [1.82, 2.24) is 0 Å². The van der Waals surface area contributed by atoms with E-state index in [9.17, 15) is 18.0 Å². The molecule has 24 heavy (non-hydrogen) atoms. The quantitative estimate of drug-likeness (QED) is 0.761. The van der Waals surface area contributed by atoms with E-state index in [2.05, 4.69) is 21.2 Å². The summed E-state index contributed by atoms with van der Waals surface area (Å²) in [5, 5.41) is 2.23. The third-order valence-electron chi connectivity index (χ3n) is 3.27. The predicted octanol–water partition coefficient (Wildman–Crippen LogP) is 5.05. The second kappa shape index (κ2) is 7.70. The highest BCUT2D eigenvalue weighted by Crippen LogP contribution is 2.34. The molecule has 0 saturated heterocycles. The molecule has 0 bridgehead atoms. The van der Waals surface area contributed by atoms with Crippen molar-refractivity contribution in [2.24, 2.45) is 0 Å². The number of carbonyl (C=O) groups is 1. The smallest absolute Gasteiger partial charge is 0.418 e. The van der Waals surface area contributed by atoms with Crippen molar-refractivity contribution in [2.45, 2.75) is 19.5 Å². The van der Waals surface area contributed by atoms with Crippen LogP contribution in [0.25, 0.3) is 0 Å². The van der Waals surface area contributed by atoms with E-state index in [0.29, 0.717) is 10.2 Å². The van der Waals surface area contributed by atoms with Crippen LogP contribution in [-0.4, -0.2) is 12.5 Å². The molecule has 2 rings (SSSR count). The number of benzene rings is 2. The first-order valence-electron chi connectivity index (χ1n) is 7.18. The number of alkyl halides is 3. The minimum Gasteiger partial charge on any atom is -0.483 e. The van der Waals surface area contributed by atoms with Gasteiger partial charge in [-0.3, -0.25) is 4.79 Å². The van der Waals surface area contributed by atoms with Crippen LogP contribution in [0.2, 0.25) is 0 Å². The van der Waals surface area contributed by atoms with Crippen LogP contribution in [0.15, 0.2) is 46.9 Å². The highest BCUT2D eigenvalue weighted by molar-refractivity contribution is 9.10. The number of hydrogen-bond donors (Lipinski definition) is 1. The van der Waals surface area contributed by atoms with Crippen LogP contribution in [0.4, 0.5) is 18.9 Å². The molecular weight excluding hydrogens is 387 g/mol. The molecule has 2 aromatic rings. The highest BCUT2D eigenvalue weighted by atomic mass is 79.9. The largest absolute Gasteiger partial charge is 0.483 e. The Labute approximate surface area is 146 Å². The van der Waals surface area contributed by atoms with E-state index in [0.717, 1.165) is 18.1 Å². The molecule has 0 aromatic heterocycles. The van der Waals surface area contributed by atoms with Crippen LogP contribution in [-0.2, 0) is 17.4 Å². The molecule has 0 aliphatic rings. The maximum Gasteiger partial charge on any atom is 0.418 e. The van der Waals surface area contributed by atoms with Gasteiger partial charge in [-0.05, 0) is 52.2 Å². The summed E-state index contributed by atoms with van der Waals surface area (Å²) in [6, 6.07) is 10.2. The number of carbonyl (C=O) groups excluding carboxylic acids is 1. The van der Waals surface area contributed by atoms with Crippen molar-refractivity contribution in [3.05, 3.63) is 58.1 Å². The van der Waals surface area contributed by atoms with Crippen molar-refractivity contribution in [3.63, 3.8) is 0 Å². The number of rotatable bonds is 5. The van der Waals surface area contributed by atoms with Crippen molar-refractivity contribution in [3.8, 4) is 5.75 Å². The molecule has 0 saturated carbocycles. The van der Waals surface area contributed by atoms with Crippen molar-refractivity contribution < 1.29 is 22.7 Å². The lowest BCUT2D eigenvalue weighted by Gasteiger charge is -2.14. The zero-order valence-corrected chi connectivity index (χ0v) is 14.4. The Morgan fingerprint density at radius 1 is 1.21 bits per heavy atom. The molecule has 0 aliphatic carbocycles. The molecule has 0 heterocycles. The molecule has 0 radical (unpaired) electrons. The van der Waals surface area contributed by atoms with Gasteiger partial charge in [0.05, 0.1) is 15.7 Å². The molecule has 0 unspecified atom stereocenters. The lowest BCUT2D eigenvalue weighted by molar-refractivity contribution is -0.137. The van der Waals surface area contributed by atoms with Crippen LogP contribution in [0.3, 0.4) is 0 Å². The van der Waals surface area contributed by atoms with Gasteiger partial charge in [0.15, 0.2) is 6.61 Å². The van der Waals surface area contributed by atoms with E-state index in [-0.39, 0.29) is 5.69 Å². The van der Waals surface area contributed by atoms with Gasteiger partial charge in [-0.25, -0.2) is 0 Å². The Bertz CT molecular complexity index is 732. The average Bonchev–Trinajstić information content (AvgIpc) is 2.53. The van der Waals surface area contributed by atoms with Crippen LogP contribution < -0.4 is 10.1 Å². The summed E-state index contributed by atoms with van der Waals surface area (Å²) >= 11 is 3.34. The van der Waals surface area contributed by atoms with E-state index in [4.69, 9.17) is 4.74 Å². The predicted molar refractivity (Wildman–Crippen MR) is 89.1 cm³/mol. The monoisotopic (exact) mass is 401 g/mol. The minimum atomic E-state index is -4.54. The molecule has 7 heteroatoms. The number of para-hydroxylation sites is 1. The SMILES string of the molecule is CCc1ccc(OCC(=O)Nc2ccccc2C(F)(F)F)c(Br)c1. The first-order chi connectivity index (χ1) is 11.3. The Hall–Kier alpha value is -2.02. The van der Waals surface area contributed by atoms with Gasteiger partial charge in [0.1, 0.15) is 5.75 Å². The van der Waals surface area contributed by atoms with Gasteiger partial charge in [-0.1, -0.05) is 25.1 Å². The normalized spacial score (nSPS) is 11.2. The van der Waals surface area contributed by atoms with E-state index in [1.807, 2.05) is 19.1 Å². The third kappa shape index (κ3) is 4.74. The van der Waals surface area contributed by atoms with Crippen LogP contribution in [0, 0.1) is 0 Å². The number of amides is 1. The first-order valence-corrected chi connectivity index (χ1v) is 7.98. The van der Waals surface area contributed by atoms with Gasteiger partial charge in [-0.15, -0.1) is 0 Å². The van der Waals surface area contributed by atoms with Gasteiger partial charge in [0.2, 0.25) is 0 Å². The molecule has 0 fully saturated rings. The van der Waals surface area contributed by atoms with E-state index in [1.54, 1.807) is 6.07 Å². The second-order valence-electron chi connectivity index (χ2n) is 5.00. The summed E-state index contributed by atoms with van der Waals surface area (Å²) in [5.41, 5.74) is -0.0939. The van der Waals surface area contributed by atoms with Crippen LogP contribution in [0.1, 0.15) is 18.1 Å². The fraction of sp³-hybridized carbons (Fsp3) is 0.235. The summed E-state index contributed by atoms with van der Waals surface area (Å²) in [4.78, 5) is 11.9. The second-order valence-corrected chi connectivity index (χ2v) is 5.85. The fourth-order valence-electron chi connectivity index (χ4n) is 2.05. The highest BCUT2D eigenvalue weighted by Gasteiger charge is 2.33. The Kier molecular flexibility index (Phi) is 5.88. The number of anilines is 1. The number of ether oxygens (including phenoxy) is 1. The van der Waals surface area contributed by atoms with Crippen LogP contribution in [0.5, 0.6) is 5.75 Å². The lowest BCUT2D eigenvalue weighted by atomic mass is 10.1. The van der Waals surface area contributed by atoms with E-state index in [1.165, 1.54) is 18.2 Å². The average molecular weight is 402 g/mol. The summed E-state index contributed by atoms with van der Waals surface area (Å²) in [6.07, 6.45) is -3.68. The summed E-state index contributed by atoms with van der Waals surface area (Å²) in [6.45, 7) is 1.62. The van der Waals surface area contributed by atoms with Gasteiger partial charge >= 0.3 is 6.18 Å². The van der Waals surface area contributed by atoms with Crippen molar-refractivity contribution in [2.75, 3.05) is 11.9 Å². The topological polar surface area (TPSA) is 38.3 Å². The molecule has 128 valence electrons. The molecule has 3 nitrogen and oxygen atoms in total. The van der Waals surface area contributed by atoms with Crippen LogP contribution >= 0.6 is 15.9 Å². The maximum atomic E-state index is 12.9. The summed E-state index contributed by atoms with van der Waals surface area (Å²) in [5.74, 6) is -0.218. The first kappa shape index (κ1) is 18.3. The zero-order chi connectivity index (χ0) is 17.7. The fourth-order valence-corrected chi connectivity index (χ4v) is 2.59. The van der Waals surface area contributed by atoms with Crippen molar-refractivity contribution >= 4 is 27.5 Å². The molecular formula is C17H15BrF3NO2. The van der Waals surface area contributed by atoms with Crippen molar-refractivity contribution in [1.29, 1.82) is 0 Å². The van der Waals surface area contributed by atoms with Gasteiger partial charge in [0.25, 0.3) is 5.91 Å². The van der Waals surface area contributed by atoms with Gasteiger partial charge in [0, 0.05) is 0 Å². The Morgan fingerprint density at radius 3 is 2.54 bits per heavy atom. The number of halogens is 4. The summed E-state index contributed by atoms with van der Waals surface area (Å²) < 4.78 is 44.7. The third-order valence-corrected chi connectivity index (χ3v) is 3.89. The molecule has 0 spiro atoms. The Morgan fingerprint density at radius 2 is 1.92 bits per heavy atom. The van der Waals surface area contributed by atoms with E-state index < -0.39 is 24.3 Å². The molecule has 0 aliphatic heterocycles. The maximum absolute atomic E-state index is 12.9. The van der Waals surface area contributed by atoms with Gasteiger partial charge in [-0.2, -0.15) is 13.2 Å². The molecule has 2 aromatic carbocycles. The summed E-state index contributed by atoms with van der Waals surface area (Å²) in [7, 11) is 0. The standard InChI is InChI=1S/C17H15BrF3NO2/c1-2-11-7-8-15(13(18)9-11)24-10-16(23)22-14-6-4-3-5-12(14)17(19,20)21/h3-9H,2,10H2,1H3,(H,22,23). The van der Waals surface area contributed by atoms with Gasteiger partial charge < -0.3 is 10.1 Å². The molecule has 0 atom stereocenters. The zero-order valence-electron chi connectivity index (χ0n) is 12.8. The number of hydrogen-bond acceptors (Lipinski definition) is 2. The minimum absolute atomic E-state index is 0.293. The molecule has 1 N–H and O–H groups in total.